The summed E-state index contributed by atoms with van der Waals surface area (Å²) in [4.78, 5) is 4.10. The molecule has 13 heavy (non-hydrogen) atoms. The third-order valence-electron chi connectivity index (χ3n) is 1.55. The molecule has 0 saturated heterocycles. The lowest BCUT2D eigenvalue weighted by atomic mass is 10.1. The van der Waals surface area contributed by atoms with E-state index in [2.05, 4.69) is 10.3 Å². The van der Waals surface area contributed by atoms with Crippen LogP contribution in [0.5, 0.6) is 0 Å². The van der Waals surface area contributed by atoms with E-state index in [1.807, 2.05) is 0 Å². The third-order valence-corrected chi connectivity index (χ3v) is 1.55. The van der Waals surface area contributed by atoms with Gasteiger partial charge in [0.2, 0.25) is 0 Å². The number of alkyl halides is 3. The molecule has 0 rings (SSSR count). The van der Waals surface area contributed by atoms with Crippen molar-refractivity contribution >= 4 is 0 Å². The smallest absolute Gasteiger partial charge is 0.389 e. The van der Waals surface area contributed by atoms with Crippen LogP contribution in [0, 0.1) is 0 Å². The first-order chi connectivity index (χ1) is 5.77. The summed E-state index contributed by atoms with van der Waals surface area (Å²) < 4.78 is 34.6. The minimum atomic E-state index is -4.34. The molecule has 0 aromatic rings. The van der Waals surface area contributed by atoms with Crippen molar-refractivity contribution in [1.29, 1.82) is 0 Å². The largest absolute Gasteiger partial charge is 0.413 e. The van der Waals surface area contributed by atoms with Crippen molar-refractivity contribution in [1.82, 2.24) is 5.48 Å². The molecule has 1 unspecified atom stereocenters. The van der Waals surface area contributed by atoms with Crippen LogP contribution in [0.4, 0.5) is 13.2 Å². The molecule has 0 aliphatic rings. The molecule has 0 spiro atoms. The van der Waals surface area contributed by atoms with E-state index in [1.54, 1.807) is 6.92 Å². The number of rotatable bonds is 5. The van der Waals surface area contributed by atoms with Crippen molar-refractivity contribution in [3.63, 3.8) is 0 Å². The van der Waals surface area contributed by atoms with E-state index in [-0.39, 0.29) is 6.54 Å². The summed E-state index contributed by atoms with van der Waals surface area (Å²) in [5.74, 6) is 0. The Morgan fingerprint density at radius 3 is 2.31 bits per heavy atom. The van der Waals surface area contributed by atoms with E-state index in [4.69, 9.17) is 0 Å². The molecular formula is C7H14F3NO2. The van der Waals surface area contributed by atoms with Crippen molar-refractivity contribution in [3.05, 3.63) is 0 Å². The Kier molecular flexibility index (Phi) is 4.66. The van der Waals surface area contributed by atoms with E-state index in [9.17, 15) is 18.3 Å². The van der Waals surface area contributed by atoms with E-state index < -0.39 is 18.4 Å². The standard InChI is InChI=1S/C7H14F3NO2/c1-3-6(2,12)4-11-13-5-7(8,9)10/h11-12H,3-5H2,1-2H3. The number of hydrogen-bond donors (Lipinski definition) is 2. The Morgan fingerprint density at radius 1 is 1.38 bits per heavy atom. The highest BCUT2D eigenvalue weighted by molar-refractivity contribution is 4.70. The Balaban J connectivity index is 3.47. The monoisotopic (exact) mass is 201 g/mol. The second kappa shape index (κ2) is 4.78. The van der Waals surface area contributed by atoms with E-state index in [1.165, 1.54) is 6.92 Å². The number of halogens is 3. The quantitative estimate of drug-likeness (QED) is 0.519. The van der Waals surface area contributed by atoms with Gasteiger partial charge in [-0.2, -0.15) is 18.7 Å². The van der Waals surface area contributed by atoms with Crippen LogP contribution in [-0.4, -0.2) is 30.0 Å². The molecule has 6 heteroatoms. The van der Waals surface area contributed by atoms with Crippen LogP contribution in [0.25, 0.3) is 0 Å². The van der Waals surface area contributed by atoms with Crippen LogP contribution in [0.1, 0.15) is 20.3 Å². The highest BCUT2D eigenvalue weighted by Gasteiger charge is 2.28. The minimum absolute atomic E-state index is 0.0282. The summed E-state index contributed by atoms with van der Waals surface area (Å²) in [6.07, 6.45) is -3.90. The van der Waals surface area contributed by atoms with Crippen LogP contribution >= 0.6 is 0 Å². The fourth-order valence-electron chi connectivity index (χ4n) is 0.464. The van der Waals surface area contributed by atoms with Gasteiger partial charge in [-0.25, -0.2) is 0 Å². The maximum Gasteiger partial charge on any atom is 0.413 e. The molecule has 0 aromatic carbocycles. The highest BCUT2D eigenvalue weighted by atomic mass is 19.4. The predicted octanol–water partition coefficient (Wildman–Crippen LogP) is 1.23. The highest BCUT2D eigenvalue weighted by Crippen LogP contribution is 2.14. The fourth-order valence-corrected chi connectivity index (χ4v) is 0.464. The van der Waals surface area contributed by atoms with Gasteiger partial charge in [-0.3, -0.25) is 4.84 Å². The second-order valence-corrected chi connectivity index (χ2v) is 3.08. The van der Waals surface area contributed by atoms with Crippen molar-refractivity contribution < 1.29 is 23.1 Å². The maximum absolute atomic E-state index is 11.5. The lowest BCUT2D eigenvalue weighted by Gasteiger charge is -2.21. The van der Waals surface area contributed by atoms with Crippen molar-refractivity contribution in [3.8, 4) is 0 Å². The van der Waals surface area contributed by atoms with Gasteiger partial charge in [0.25, 0.3) is 0 Å². The zero-order valence-electron chi connectivity index (χ0n) is 7.61. The summed E-state index contributed by atoms with van der Waals surface area (Å²) in [5, 5.41) is 9.33. The van der Waals surface area contributed by atoms with Crippen LogP contribution in [0.3, 0.4) is 0 Å². The van der Waals surface area contributed by atoms with Crippen LogP contribution < -0.4 is 5.48 Å². The molecule has 0 aliphatic heterocycles. The number of hydroxylamine groups is 1. The number of nitrogens with one attached hydrogen (secondary N) is 1. The van der Waals surface area contributed by atoms with Gasteiger partial charge in [0.15, 0.2) is 6.61 Å². The summed E-state index contributed by atoms with van der Waals surface area (Å²) in [6, 6.07) is 0. The zero-order valence-corrected chi connectivity index (χ0v) is 7.61. The average molecular weight is 201 g/mol. The number of aliphatic hydroxyl groups is 1. The van der Waals surface area contributed by atoms with Crippen LogP contribution in [0.15, 0.2) is 0 Å². The lowest BCUT2D eigenvalue weighted by molar-refractivity contribution is -0.193. The molecule has 0 aromatic heterocycles. The van der Waals surface area contributed by atoms with Crippen LogP contribution in [0.2, 0.25) is 0 Å². The predicted molar refractivity (Wildman–Crippen MR) is 40.9 cm³/mol. The van der Waals surface area contributed by atoms with Gasteiger partial charge < -0.3 is 5.11 Å². The zero-order chi connectivity index (χ0) is 10.5. The van der Waals surface area contributed by atoms with Gasteiger partial charge in [0, 0.05) is 6.54 Å². The van der Waals surface area contributed by atoms with E-state index in [0.717, 1.165) is 0 Å². The van der Waals surface area contributed by atoms with Crippen molar-refractivity contribution in [2.75, 3.05) is 13.2 Å². The summed E-state index contributed by atoms with van der Waals surface area (Å²) in [7, 11) is 0. The molecule has 2 N–H and O–H groups in total. The first-order valence-corrected chi connectivity index (χ1v) is 3.90. The Bertz CT molecular complexity index is 147. The molecule has 0 amide bonds. The average Bonchev–Trinajstić information content (AvgIpc) is 1.97. The normalized spacial score (nSPS) is 17.1. The molecule has 80 valence electrons. The number of hydrogen-bond acceptors (Lipinski definition) is 3. The van der Waals surface area contributed by atoms with Gasteiger partial charge in [0.1, 0.15) is 0 Å². The van der Waals surface area contributed by atoms with Gasteiger partial charge in [-0.05, 0) is 13.3 Å². The molecule has 1 atom stereocenters. The van der Waals surface area contributed by atoms with Gasteiger partial charge in [-0.1, -0.05) is 6.92 Å². The lowest BCUT2D eigenvalue weighted by Crippen LogP contribution is -2.38. The van der Waals surface area contributed by atoms with Gasteiger partial charge in [-0.15, -0.1) is 0 Å². The summed E-state index contributed by atoms with van der Waals surface area (Å²) in [5.41, 5.74) is 1.03. The van der Waals surface area contributed by atoms with Gasteiger partial charge >= 0.3 is 6.18 Å². The Morgan fingerprint density at radius 2 is 1.92 bits per heavy atom. The topological polar surface area (TPSA) is 41.5 Å². The first-order valence-electron chi connectivity index (χ1n) is 3.90. The first kappa shape index (κ1) is 12.7. The Hall–Kier alpha value is -0.330. The minimum Gasteiger partial charge on any atom is -0.389 e. The van der Waals surface area contributed by atoms with Crippen molar-refractivity contribution in [2.24, 2.45) is 0 Å². The molecule has 0 radical (unpaired) electrons. The SMILES string of the molecule is CCC(C)(O)CNOCC(F)(F)F. The molecule has 0 bridgehead atoms. The molecule has 0 heterocycles. The molecular weight excluding hydrogens is 187 g/mol. The van der Waals surface area contributed by atoms with E-state index >= 15 is 0 Å². The molecule has 0 fully saturated rings. The second-order valence-electron chi connectivity index (χ2n) is 3.08. The fraction of sp³-hybridized carbons (Fsp3) is 1.00. The van der Waals surface area contributed by atoms with Crippen LogP contribution in [-0.2, 0) is 4.84 Å². The van der Waals surface area contributed by atoms with Gasteiger partial charge in [0.05, 0.1) is 5.60 Å². The van der Waals surface area contributed by atoms with E-state index in [0.29, 0.717) is 6.42 Å². The summed E-state index contributed by atoms with van der Waals surface area (Å²) >= 11 is 0. The maximum atomic E-state index is 11.5. The van der Waals surface area contributed by atoms with Crippen molar-refractivity contribution in [2.45, 2.75) is 32.0 Å². The molecule has 0 saturated carbocycles. The molecule has 0 aliphatic carbocycles. The third kappa shape index (κ3) is 8.01. The molecule has 3 nitrogen and oxygen atoms in total. The Labute approximate surface area is 74.8 Å². The summed E-state index contributed by atoms with van der Waals surface area (Å²) in [6.45, 7) is 1.86.